The molecule has 1 N–H and O–H groups in total. The zero-order valence-electron chi connectivity index (χ0n) is 9.11. The maximum absolute atomic E-state index is 12.0. The summed E-state index contributed by atoms with van der Waals surface area (Å²) in [6, 6.07) is 3.33. The van der Waals surface area contributed by atoms with Gasteiger partial charge in [0.1, 0.15) is 6.04 Å². The molecule has 1 fully saturated rings. The van der Waals surface area contributed by atoms with E-state index in [1.807, 2.05) is 0 Å². The third kappa shape index (κ3) is 2.15. The first-order chi connectivity index (χ1) is 8.54. The van der Waals surface area contributed by atoms with Crippen LogP contribution in [0.2, 0.25) is 10.0 Å². The Kier molecular flexibility index (Phi) is 3.46. The molecule has 1 heterocycles. The molecule has 1 saturated heterocycles. The molecule has 0 spiro atoms. The molecular formula is C12H8Cl2N2O2. The van der Waals surface area contributed by atoms with Gasteiger partial charge in [-0.1, -0.05) is 23.2 Å². The third-order valence-corrected chi connectivity index (χ3v) is 3.24. The van der Waals surface area contributed by atoms with E-state index in [2.05, 4.69) is 11.2 Å². The number of benzene rings is 1. The van der Waals surface area contributed by atoms with Gasteiger partial charge in [-0.25, -0.2) is 9.69 Å². The van der Waals surface area contributed by atoms with Crippen molar-refractivity contribution in [3.8, 4) is 12.3 Å². The van der Waals surface area contributed by atoms with Gasteiger partial charge in [0.2, 0.25) is 0 Å². The average molecular weight is 283 g/mol. The van der Waals surface area contributed by atoms with E-state index in [0.717, 1.165) is 4.90 Å². The lowest BCUT2D eigenvalue weighted by atomic mass is 10.2. The van der Waals surface area contributed by atoms with E-state index < -0.39 is 18.0 Å². The number of hydrogen-bond donors (Lipinski definition) is 1. The lowest BCUT2D eigenvalue weighted by molar-refractivity contribution is -0.118. The van der Waals surface area contributed by atoms with Crippen LogP contribution in [0.25, 0.3) is 0 Å². The summed E-state index contributed by atoms with van der Waals surface area (Å²) in [5.74, 6) is 1.95. The van der Waals surface area contributed by atoms with E-state index in [1.54, 1.807) is 6.07 Å². The molecule has 4 nitrogen and oxygen atoms in total. The minimum absolute atomic E-state index is 0.155. The molecule has 1 atom stereocenters. The summed E-state index contributed by atoms with van der Waals surface area (Å²) in [4.78, 5) is 24.7. The summed E-state index contributed by atoms with van der Waals surface area (Å²) in [7, 11) is 0. The van der Waals surface area contributed by atoms with Crippen LogP contribution in [0, 0.1) is 12.3 Å². The molecule has 0 radical (unpaired) electrons. The number of terminal acetylenes is 1. The van der Waals surface area contributed by atoms with Crippen molar-refractivity contribution in [2.24, 2.45) is 0 Å². The highest BCUT2D eigenvalue weighted by Crippen LogP contribution is 2.29. The van der Waals surface area contributed by atoms with Gasteiger partial charge in [0.25, 0.3) is 5.91 Å². The van der Waals surface area contributed by atoms with Gasteiger partial charge in [-0.15, -0.1) is 12.3 Å². The Bertz CT molecular complexity index is 566. The van der Waals surface area contributed by atoms with E-state index in [-0.39, 0.29) is 11.4 Å². The molecule has 1 aromatic rings. The van der Waals surface area contributed by atoms with Gasteiger partial charge in [0.05, 0.1) is 15.7 Å². The summed E-state index contributed by atoms with van der Waals surface area (Å²) in [6.45, 7) is 0. The molecule has 6 heteroatoms. The van der Waals surface area contributed by atoms with Crippen LogP contribution in [0.4, 0.5) is 10.5 Å². The highest BCUT2D eigenvalue weighted by Gasteiger charge is 2.38. The third-order valence-electron chi connectivity index (χ3n) is 2.50. The quantitative estimate of drug-likeness (QED) is 0.669. The average Bonchev–Trinajstić information content (AvgIpc) is 2.59. The van der Waals surface area contributed by atoms with Crippen LogP contribution in [-0.4, -0.2) is 18.0 Å². The molecule has 1 aromatic carbocycles. The topological polar surface area (TPSA) is 49.4 Å². The second-order valence-corrected chi connectivity index (χ2v) is 4.50. The van der Waals surface area contributed by atoms with Gasteiger partial charge in [-0.2, -0.15) is 0 Å². The smallest absolute Gasteiger partial charge is 0.324 e. The number of amides is 3. The number of nitrogens with one attached hydrogen (secondary N) is 1. The van der Waals surface area contributed by atoms with Gasteiger partial charge in [-0.05, 0) is 18.2 Å². The second kappa shape index (κ2) is 4.89. The molecule has 92 valence electrons. The van der Waals surface area contributed by atoms with Gasteiger partial charge in [-0.3, -0.25) is 4.79 Å². The Hall–Kier alpha value is -1.70. The maximum Gasteiger partial charge on any atom is 0.329 e. The maximum atomic E-state index is 12.0. The second-order valence-electron chi connectivity index (χ2n) is 3.68. The Morgan fingerprint density at radius 2 is 2.06 bits per heavy atom. The lowest BCUT2D eigenvalue weighted by Gasteiger charge is -2.13. The van der Waals surface area contributed by atoms with Crippen LogP contribution in [-0.2, 0) is 4.79 Å². The molecule has 1 aliphatic rings. The lowest BCUT2D eigenvalue weighted by Crippen LogP contribution is -2.31. The highest BCUT2D eigenvalue weighted by atomic mass is 35.5. The van der Waals surface area contributed by atoms with Crippen LogP contribution in [0.15, 0.2) is 18.2 Å². The van der Waals surface area contributed by atoms with Crippen molar-refractivity contribution in [1.82, 2.24) is 5.32 Å². The predicted molar refractivity (Wildman–Crippen MR) is 69.7 cm³/mol. The van der Waals surface area contributed by atoms with E-state index in [9.17, 15) is 9.59 Å². The van der Waals surface area contributed by atoms with E-state index >= 15 is 0 Å². The van der Waals surface area contributed by atoms with Crippen LogP contribution in [0.3, 0.4) is 0 Å². The number of carbonyl (C=O) groups excluding carboxylic acids is 2. The van der Waals surface area contributed by atoms with Crippen molar-refractivity contribution in [3.05, 3.63) is 28.2 Å². The monoisotopic (exact) mass is 282 g/mol. The van der Waals surface area contributed by atoms with Gasteiger partial charge < -0.3 is 5.32 Å². The molecule has 0 aromatic heterocycles. The van der Waals surface area contributed by atoms with Crippen molar-refractivity contribution in [1.29, 1.82) is 0 Å². The first-order valence-electron chi connectivity index (χ1n) is 5.07. The predicted octanol–water partition coefficient (Wildman–Crippen LogP) is 2.44. The zero-order valence-corrected chi connectivity index (χ0v) is 10.6. The van der Waals surface area contributed by atoms with E-state index in [0.29, 0.717) is 10.7 Å². The molecule has 18 heavy (non-hydrogen) atoms. The minimum atomic E-state index is -0.683. The van der Waals surface area contributed by atoms with E-state index in [4.69, 9.17) is 29.6 Å². The number of rotatable bonds is 2. The van der Waals surface area contributed by atoms with Crippen LogP contribution < -0.4 is 10.2 Å². The summed E-state index contributed by atoms with van der Waals surface area (Å²) in [6.07, 6.45) is 5.29. The number of urea groups is 1. The van der Waals surface area contributed by atoms with Crippen molar-refractivity contribution >= 4 is 40.8 Å². The Morgan fingerprint density at radius 1 is 1.33 bits per heavy atom. The molecule has 0 bridgehead atoms. The Balaban J connectivity index is 2.33. The number of nitrogens with zero attached hydrogens (tertiary/aromatic N) is 1. The zero-order chi connectivity index (χ0) is 13.3. The highest BCUT2D eigenvalue weighted by molar-refractivity contribution is 6.42. The van der Waals surface area contributed by atoms with Crippen molar-refractivity contribution in [3.63, 3.8) is 0 Å². The fourth-order valence-electron chi connectivity index (χ4n) is 1.66. The van der Waals surface area contributed by atoms with Gasteiger partial charge in [0, 0.05) is 6.42 Å². The standard InChI is InChI=1S/C12H8Cl2N2O2/c1-2-3-10-11(17)16(12(18)15-10)7-4-5-8(13)9(14)6-7/h1,4-6,10H,3H2,(H,15,18). The number of hydrogen-bond acceptors (Lipinski definition) is 2. The molecule has 1 aliphatic heterocycles. The molecule has 1 unspecified atom stereocenters. The molecule has 2 rings (SSSR count). The van der Waals surface area contributed by atoms with E-state index in [1.165, 1.54) is 12.1 Å². The van der Waals surface area contributed by atoms with Crippen LogP contribution >= 0.6 is 23.2 Å². The van der Waals surface area contributed by atoms with Gasteiger partial charge >= 0.3 is 6.03 Å². The summed E-state index contributed by atoms with van der Waals surface area (Å²) >= 11 is 11.6. The Morgan fingerprint density at radius 3 is 2.67 bits per heavy atom. The Labute approximate surface area is 114 Å². The van der Waals surface area contributed by atoms with Crippen molar-refractivity contribution < 1.29 is 9.59 Å². The fraction of sp³-hybridized carbons (Fsp3) is 0.167. The van der Waals surface area contributed by atoms with Gasteiger partial charge in [0.15, 0.2) is 0 Å². The first kappa shape index (κ1) is 12.7. The summed E-state index contributed by atoms with van der Waals surface area (Å²) < 4.78 is 0. The van der Waals surface area contributed by atoms with Crippen molar-refractivity contribution in [2.45, 2.75) is 12.5 Å². The number of carbonyl (C=O) groups is 2. The molecular weight excluding hydrogens is 275 g/mol. The molecule has 3 amide bonds. The number of halogens is 2. The number of imide groups is 1. The largest absolute Gasteiger partial charge is 0.329 e. The van der Waals surface area contributed by atoms with Crippen LogP contribution in [0.5, 0.6) is 0 Å². The summed E-state index contributed by atoms with van der Waals surface area (Å²) in [5.41, 5.74) is 0.367. The summed E-state index contributed by atoms with van der Waals surface area (Å²) in [5, 5.41) is 3.13. The van der Waals surface area contributed by atoms with Crippen LogP contribution in [0.1, 0.15) is 6.42 Å². The first-order valence-corrected chi connectivity index (χ1v) is 5.83. The molecule has 0 aliphatic carbocycles. The SMILES string of the molecule is C#CCC1NC(=O)N(c2ccc(Cl)c(Cl)c2)C1=O. The minimum Gasteiger partial charge on any atom is -0.324 e. The fourth-order valence-corrected chi connectivity index (χ4v) is 1.95. The number of anilines is 1. The molecule has 0 saturated carbocycles. The van der Waals surface area contributed by atoms with Crippen molar-refractivity contribution in [2.75, 3.05) is 4.90 Å². The normalized spacial score (nSPS) is 18.7.